The molecule has 1 aromatic rings. The minimum absolute atomic E-state index is 0.122. The van der Waals surface area contributed by atoms with Gasteiger partial charge in [0.1, 0.15) is 5.75 Å². The molecule has 1 saturated carbocycles. The van der Waals surface area contributed by atoms with Crippen LogP contribution in [0.3, 0.4) is 0 Å². The molecule has 1 heterocycles. The van der Waals surface area contributed by atoms with Crippen LogP contribution >= 0.6 is 0 Å². The first-order valence-electron chi connectivity index (χ1n) is 9.37. The van der Waals surface area contributed by atoms with Gasteiger partial charge < -0.3 is 15.0 Å². The van der Waals surface area contributed by atoms with Crippen molar-refractivity contribution in [2.75, 3.05) is 25.1 Å². The molecule has 0 spiro atoms. The summed E-state index contributed by atoms with van der Waals surface area (Å²) < 4.78 is 5.16. The lowest BCUT2D eigenvalue weighted by atomic mass is 9.87. The lowest BCUT2D eigenvalue weighted by Gasteiger charge is -2.21. The van der Waals surface area contributed by atoms with Crippen LogP contribution in [0.4, 0.5) is 5.69 Å². The second kappa shape index (κ2) is 8.37. The van der Waals surface area contributed by atoms with Crippen LogP contribution in [-0.4, -0.2) is 32.0 Å². The highest BCUT2D eigenvalue weighted by molar-refractivity contribution is 5.95. The Morgan fingerprint density at radius 3 is 2.56 bits per heavy atom. The van der Waals surface area contributed by atoms with Crippen molar-refractivity contribution < 1.29 is 14.3 Å². The average molecular weight is 344 g/mol. The van der Waals surface area contributed by atoms with Crippen molar-refractivity contribution in [1.29, 1.82) is 0 Å². The maximum atomic E-state index is 12.3. The molecule has 25 heavy (non-hydrogen) atoms. The highest BCUT2D eigenvalue weighted by Gasteiger charge is 2.31. The maximum Gasteiger partial charge on any atom is 0.227 e. The Morgan fingerprint density at radius 1 is 1.16 bits per heavy atom. The number of nitrogens with one attached hydrogen (secondary N) is 1. The lowest BCUT2D eigenvalue weighted by molar-refractivity contribution is -0.122. The van der Waals surface area contributed by atoms with Crippen molar-refractivity contribution in [2.45, 2.75) is 44.9 Å². The number of anilines is 1. The number of methoxy groups -OCH3 is 1. The Balaban J connectivity index is 1.46. The van der Waals surface area contributed by atoms with Gasteiger partial charge in [-0.2, -0.15) is 0 Å². The topological polar surface area (TPSA) is 58.6 Å². The zero-order valence-electron chi connectivity index (χ0n) is 15.0. The van der Waals surface area contributed by atoms with Gasteiger partial charge in [-0.25, -0.2) is 0 Å². The first-order valence-corrected chi connectivity index (χ1v) is 9.37. The number of benzene rings is 1. The highest BCUT2D eigenvalue weighted by Crippen LogP contribution is 2.27. The fourth-order valence-corrected chi connectivity index (χ4v) is 3.91. The number of ether oxygens (including phenoxy) is 1. The number of amides is 2. The number of nitrogens with zero attached hydrogens (tertiary/aromatic N) is 1. The SMILES string of the molecule is COc1ccc(N2CC(CNC(=O)CC3CCCCC3)CC2=O)cc1. The van der Waals surface area contributed by atoms with E-state index in [1.54, 1.807) is 12.0 Å². The van der Waals surface area contributed by atoms with Crippen LogP contribution in [0.25, 0.3) is 0 Å². The van der Waals surface area contributed by atoms with E-state index in [9.17, 15) is 9.59 Å². The van der Waals surface area contributed by atoms with Gasteiger partial charge in [-0.1, -0.05) is 19.3 Å². The van der Waals surface area contributed by atoms with Gasteiger partial charge in [0.05, 0.1) is 7.11 Å². The molecule has 1 aliphatic carbocycles. The summed E-state index contributed by atoms with van der Waals surface area (Å²) in [6.07, 6.45) is 7.32. The van der Waals surface area contributed by atoms with E-state index in [4.69, 9.17) is 4.74 Å². The predicted octanol–water partition coefficient (Wildman–Crippen LogP) is 3.13. The Kier molecular flexibility index (Phi) is 5.95. The average Bonchev–Trinajstić information content (AvgIpc) is 3.02. The van der Waals surface area contributed by atoms with Gasteiger partial charge >= 0.3 is 0 Å². The molecule has 1 aliphatic heterocycles. The molecule has 3 rings (SSSR count). The first-order chi connectivity index (χ1) is 12.2. The minimum Gasteiger partial charge on any atom is -0.497 e. The second-order valence-corrected chi connectivity index (χ2v) is 7.28. The molecule has 136 valence electrons. The van der Waals surface area contributed by atoms with Gasteiger partial charge in [-0.05, 0) is 43.0 Å². The van der Waals surface area contributed by atoms with Gasteiger partial charge in [0.25, 0.3) is 0 Å². The number of rotatable bonds is 6. The maximum absolute atomic E-state index is 12.3. The van der Waals surface area contributed by atoms with Crippen LogP contribution in [0.2, 0.25) is 0 Å². The highest BCUT2D eigenvalue weighted by atomic mass is 16.5. The van der Waals surface area contributed by atoms with Gasteiger partial charge in [-0.3, -0.25) is 9.59 Å². The summed E-state index contributed by atoms with van der Waals surface area (Å²) in [7, 11) is 1.63. The molecule has 2 amide bonds. The monoisotopic (exact) mass is 344 g/mol. The van der Waals surface area contributed by atoms with E-state index in [2.05, 4.69) is 5.32 Å². The number of hydrogen-bond donors (Lipinski definition) is 1. The van der Waals surface area contributed by atoms with E-state index in [1.165, 1.54) is 32.1 Å². The Hall–Kier alpha value is -2.04. The van der Waals surface area contributed by atoms with E-state index in [1.807, 2.05) is 24.3 Å². The molecule has 5 heteroatoms. The Bertz CT molecular complexity index is 593. The fraction of sp³-hybridized carbons (Fsp3) is 0.600. The molecular weight excluding hydrogens is 316 g/mol. The summed E-state index contributed by atoms with van der Waals surface area (Å²) in [5.41, 5.74) is 0.891. The van der Waals surface area contributed by atoms with Crippen LogP contribution < -0.4 is 15.0 Å². The van der Waals surface area contributed by atoms with Crippen molar-refractivity contribution >= 4 is 17.5 Å². The zero-order chi connectivity index (χ0) is 17.6. The Morgan fingerprint density at radius 2 is 1.88 bits per heavy atom. The third-order valence-electron chi connectivity index (χ3n) is 5.38. The number of carbonyl (C=O) groups excluding carboxylic acids is 2. The summed E-state index contributed by atoms with van der Waals surface area (Å²) in [5, 5.41) is 3.04. The predicted molar refractivity (Wildman–Crippen MR) is 97.7 cm³/mol. The van der Waals surface area contributed by atoms with E-state index < -0.39 is 0 Å². The summed E-state index contributed by atoms with van der Waals surface area (Å²) in [5.74, 6) is 1.78. The third-order valence-corrected chi connectivity index (χ3v) is 5.38. The standard InChI is InChI=1S/C20H28N2O3/c1-25-18-9-7-17(8-10-18)22-14-16(12-20(22)24)13-21-19(23)11-15-5-3-2-4-6-15/h7-10,15-16H,2-6,11-14H2,1H3,(H,21,23). The minimum atomic E-state index is 0.122. The number of hydrogen-bond acceptors (Lipinski definition) is 3. The first kappa shape index (κ1) is 17.8. The second-order valence-electron chi connectivity index (χ2n) is 7.28. The summed E-state index contributed by atoms with van der Waals surface area (Å²) >= 11 is 0. The van der Waals surface area contributed by atoms with Crippen LogP contribution in [0.1, 0.15) is 44.9 Å². The molecule has 2 fully saturated rings. The van der Waals surface area contributed by atoms with Gasteiger partial charge in [0.2, 0.25) is 11.8 Å². The van der Waals surface area contributed by atoms with Crippen molar-refractivity contribution in [3.63, 3.8) is 0 Å². The van der Waals surface area contributed by atoms with E-state index in [0.717, 1.165) is 11.4 Å². The molecule has 1 saturated heterocycles. The van der Waals surface area contributed by atoms with E-state index >= 15 is 0 Å². The molecule has 1 atom stereocenters. The van der Waals surface area contributed by atoms with Gasteiger partial charge in [0, 0.05) is 37.5 Å². The van der Waals surface area contributed by atoms with Crippen LogP contribution in [0, 0.1) is 11.8 Å². The zero-order valence-corrected chi connectivity index (χ0v) is 15.0. The molecule has 0 aromatic heterocycles. The molecule has 1 unspecified atom stereocenters. The molecule has 0 bridgehead atoms. The van der Waals surface area contributed by atoms with Crippen molar-refractivity contribution in [3.8, 4) is 5.75 Å². The van der Waals surface area contributed by atoms with Crippen LogP contribution in [-0.2, 0) is 9.59 Å². The molecule has 5 nitrogen and oxygen atoms in total. The van der Waals surface area contributed by atoms with E-state index in [-0.39, 0.29) is 17.7 Å². The van der Waals surface area contributed by atoms with Crippen LogP contribution in [0.15, 0.2) is 24.3 Å². The summed E-state index contributed by atoms with van der Waals surface area (Å²) in [6.45, 7) is 1.25. The van der Waals surface area contributed by atoms with Gasteiger partial charge in [0.15, 0.2) is 0 Å². The third kappa shape index (κ3) is 4.74. The lowest BCUT2D eigenvalue weighted by Crippen LogP contribution is -2.32. The smallest absolute Gasteiger partial charge is 0.227 e. The molecule has 1 N–H and O–H groups in total. The van der Waals surface area contributed by atoms with Crippen molar-refractivity contribution in [3.05, 3.63) is 24.3 Å². The van der Waals surface area contributed by atoms with Crippen molar-refractivity contribution in [2.24, 2.45) is 11.8 Å². The van der Waals surface area contributed by atoms with Crippen LogP contribution in [0.5, 0.6) is 5.75 Å². The van der Waals surface area contributed by atoms with E-state index in [0.29, 0.717) is 31.8 Å². The molecule has 2 aliphatic rings. The van der Waals surface area contributed by atoms with Crippen molar-refractivity contribution in [1.82, 2.24) is 5.32 Å². The Labute approximate surface area is 149 Å². The fourth-order valence-electron chi connectivity index (χ4n) is 3.91. The van der Waals surface area contributed by atoms with Gasteiger partial charge in [-0.15, -0.1) is 0 Å². The normalized spacial score (nSPS) is 21.4. The quantitative estimate of drug-likeness (QED) is 0.862. The molecule has 1 aromatic carbocycles. The summed E-state index contributed by atoms with van der Waals surface area (Å²) in [4.78, 5) is 26.2. The molecular formula is C20H28N2O3. The molecule has 0 radical (unpaired) electrons. The number of carbonyl (C=O) groups is 2. The summed E-state index contributed by atoms with van der Waals surface area (Å²) in [6, 6.07) is 7.53. The largest absolute Gasteiger partial charge is 0.497 e.